The van der Waals surface area contributed by atoms with E-state index in [9.17, 15) is 18.4 Å². The van der Waals surface area contributed by atoms with Gasteiger partial charge < -0.3 is 9.88 Å². The number of fused-ring (bicyclic) bond motifs is 1. The van der Waals surface area contributed by atoms with Crippen LogP contribution in [-0.4, -0.2) is 10.5 Å². The number of halogens is 2. The minimum Gasteiger partial charge on any atom is -0.321 e. The summed E-state index contributed by atoms with van der Waals surface area (Å²) in [5, 5.41) is 2.97. The first-order valence-corrected chi connectivity index (χ1v) is 8.31. The summed E-state index contributed by atoms with van der Waals surface area (Å²) in [7, 11) is 0. The molecule has 1 amide bonds. The van der Waals surface area contributed by atoms with Gasteiger partial charge in [-0.2, -0.15) is 0 Å². The molecule has 0 bridgehead atoms. The Morgan fingerprint density at radius 1 is 1.08 bits per heavy atom. The predicted molar refractivity (Wildman–Crippen MR) is 97.5 cm³/mol. The first-order valence-electron chi connectivity index (χ1n) is 8.31. The zero-order chi connectivity index (χ0) is 18.8. The van der Waals surface area contributed by atoms with E-state index >= 15 is 0 Å². The summed E-state index contributed by atoms with van der Waals surface area (Å²) in [4.78, 5) is 25.4. The van der Waals surface area contributed by atoms with E-state index in [0.717, 1.165) is 17.7 Å². The van der Waals surface area contributed by atoms with Crippen LogP contribution in [0, 0.1) is 18.6 Å². The summed E-state index contributed by atoms with van der Waals surface area (Å²) < 4.78 is 28.4. The summed E-state index contributed by atoms with van der Waals surface area (Å²) in [5.41, 5.74) is 1.23. The highest BCUT2D eigenvalue weighted by molar-refractivity contribution is 6.05. The number of nitrogens with zero attached hydrogens (tertiary/aromatic N) is 1. The Kier molecular flexibility index (Phi) is 4.84. The number of hydrogen-bond donors (Lipinski definition) is 1. The normalized spacial score (nSPS) is 10.9. The van der Waals surface area contributed by atoms with Gasteiger partial charge in [0.15, 0.2) is 11.6 Å². The number of carbonyl (C=O) groups excluding carboxylic acids is 1. The van der Waals surface area contributed by atoms with Crippen molar-refractivity contribution in [2.75, 3.05) is 5.32 Å². The van der Waals surface area contributed by atoms with Crippen LogP contribution < -0.4 is 10.9 Å². The van der Waals surface area contributed by atoms with E-state index in [1.807, 2.05) is 26.0 Å². The van der Waals surface area contributed by atoms with Crippen LogP contribution in [0.15, 0.2) is 47.3 Å². The number of carbonyl (C=O) groups is 1. The molecule has 3 rings (SSSR count). The van der Waals surface area contributed by atoms with Crippen LogP contribution in [0.2, 0.25) is 0 Å². The molecule has 134 valence electrons. The average molecular weight is 356 g/mol. The molecule has 0 atom stereocenters. The number of pyridine rings is 1. The molecule has 1 heterocycles. The fourth-order valence-corrected chi connectivity index (χ4v) is 2.81. The van der Waals surface area contributed by atoms with E-state index in [-0.39, 0.29) is 16.5 Å². The Bertz CT molecular complexity index is 1040. The molecule has 1 aromatic heterocycles. The van der Waals surface area contributed by atoms with Gasteiger partial charge in [-0.25, -0.2) is 8.78 Å². The lowest BCUT2D eigenvalue weighted by atomic mass is 10.1. The number of anilines is 1. The van der Waals surface area contributed by atoms with Crippen LogP contribution >= 0.6 is 0 Å². The van der Waals surface area contributed by atoms with Crippen molar-refractivity contribution in [2.45, 2.75) is 26.8 Å². The summed E-state index contributed by atoms with van der Waals surface area (Å²) in [6, 6.07) is 10.4. The topological polar surface area (TPSA) is 51.1 Å². The van der Waals surface area contributed by atoms with Crippen molar-refractivity contribution in [1.82, 2.24) is 4.57 Å². The van der Waals surface area contributed by atoms with E-state index < -0.39 is 23.1 Å². The Morgan fingerprint density at radius 3 is 2.38 bits per heavy atom. The zero-order valence-corrected chi connectivity index (χ0v) is 14.5. The summed E-state index contributed by atoms with van der Waals surface area (Å²) in [5.74, 6) is -2.63. The molecule has 0 fully saturated rings. The molecule has 4 nitrogen and oxygen atoms in total. The monoisotopic (exact) mass is 356 g/mol. The van der Waals surface area contributed by atoms with Gasteiger partial charge in [0.1, 0.15) is 5.69 Å². The second kappa shape index (κ2) is 7.07. The number of benzene rings is 2. The fraction of sp³-hybridized carbons (Fsp3) is 0.200. The average Bonchev–Trinajstić information content (AvgIpc) is 2.61. The van der Waals surface area contributed by atoms with Crippen LogP contribution in [0.1, 0.15) is 29.4 Å². The maximum atomic E-state index is 13.6. The van der Waals surface area contributed by atoms with Gasteiger partial charge in [-0.15, -0.1) is 0 Å². The molecule has 0 aliphatic carbocycles. The van der Waals surface area contributed by atoms with E-state index in [4.69, 9.17) is 0 Å². The number of hydrogen-bond acceptors (Lipinski definition) is 2. The van der Waals surface area contributed by atoms with Crippen molar-refractivity contribution >= 4 is 22.4 Å². The zero-order valence-electron chi connectivity index (χ0n) is 14.5. The number of rotatable bonds is 4. The van der Waals surface area contributed by atoms with Gasteiger partial charge in [-0.05, 0) is 49.1 Å². The van der Waals surface area contributed by atoms with Crippen LogP contribution in [-0.2, 0) is 6.54 Å². The molecular weight excluding hydrogens is 338 g/mol. The smallest absolute Gasteiger partial charge is 0.272 e. The molecule has 0 aliphatic rings. The van der Waals surface area contributed by atoms with Gasteiger partial charge >= 0.3 is 0 Å². The SMILES string of the molecule is CCCn1c(C(=O)Nc2ccc(C)cc2)cc2cc(F)c(F)cc2c1=O. The lowest BCUT2D eigenvalue weighted by Gasteiger charge is -2.14. The maximum absolute atomic E-state index is 13.6. The summed E-state index contributed by atoms with van der Waals surface area (Å²) in [6.45, 7) is 4.09. The third-order valence-electron chi connectivity index (χ3n) is 4.14. The van der Waals surface area contributed by atoms with E-state index in [1.165, 1.54) is 10.6 Å². The van der Waals surface area contributed by atoms with Crippen molar-refractivity contribution in [3.8, 4) is 0 Å². The first-order chi connectivity index (χ1) is 12.4. The summed E-state index contributed by atoms with van der Waals surface area (Å²) >= 11 is 0. The number of nitrogens with one attached hydrogen (secondary N) is 1. The van der Waals surface area contributed by atoms with Crippen LogP contribution in [0.3, 0.4) is 0 Å². The number of amides is 1. The number of aryl methyl sites for hydroxylation is 1. The largest absolute Gasteiger partial charge is 0.321 e. The number of aromatic nitrogens is 1. The highest BCUT2D eigenvalue weighted by Gasteiger charge is 2.17. The highest BCUT2D eigenvalue weighted by Crippen LogP contribution is 2.18. The third-order valence-corrected chi connectivity index (χ3v) is 4.14. The van der Waals surface area contributed by atoms with Crippen molar-refractivity contribution in [1.29, 1.82) is 0 Å². The molecule has 0 radical (unpaired) electrons. The Balaban J connectivity index is 2.12. The molecule has 0 saturated heterocycles. The van der Waals surface area contributed by atoms with Crippen molar-refractivity contribution < 1.29 is 13.6 Å². The Morgan fingerprint density at radius 2 is 1.73 bits per heavy atom. The Hall–Kier alpha value is -3.02. The van der Waals surface area contributed by atoms with Gasteiger partial charge in [0.25, 0.3) is 11.5 Å². The molecule has 26 heavy (non-hydrogen) atoms. The van der Waals surface area contributed by atoms with Gasteiger partial charge in [0.2, 0.25) is 0 Å². The first kappa shape index (κ1) is 17.8. The summed E-state index contributed by atoms with van der Waals surface area (Å²) in [6.07, 6.45) is 0.611. The van der Waals surface area contributed by atoms with Gasteiger partial charge in [0.05, 0.1) is 5.39 Å². The molecule has 0 unspecified atom stereocenters. The Labute approximate surface area is 149 Å². The van der Waals surface area contributed by atoms with Crippen LogP contribution in [0.25, 0.3) is 10.8 Å². The second-order valence-corrected chi connectivity index (χ2v) is 6.16. The second-order valence-electron chi connectivity index (χ2n) is 6.16. The van der Waals surface area contributed by atoms with Gasteiger partial charge in [-0.1, -0.05) is 24.6 Å². The minimum atomic E-state index is -1.09. The van der Waals surface area contributed by atoms with Gasteiger partial charge in [-0.3, -0.25) is 9.59 Å². The molecule has 6 heteroatoms. The standard InChI is InChI=1S/C20H18F2N2O2/c1-3-8-24-18(19(25)23-14-6-4-12(2)5-7-14)10-13-9-16(21)17(22)11-15(13)20(24)26/h4-7,9-11H,3,8H2,1-2H3,(H,23,25). The third kappa shape index (κ3) is 3.35. The van der Waals surface area contributed by atoms with Crippen molar-refractivity contribution in [2.24, 2.45) is 0 Å². The van der Waals surface area contributed by atoms with Crippen molar-refractivity contribution in [3.05, 3.63) is 75.7 Å². The predicted octanol–water partition coefficient (Wildman–Crippen LogP) is 4.25. The molecular formula is C20H18F2N2O2. The molecule has 0 aliphatic heterocycles. The van der Waals surface area contributed by atoms with Crippen LogP contribution in [0.5, 0.6) is 0 Å². The maximum Gasteiger partial charge on any atom is 0.272 e. The molecule has 2 aromatic carbocycles. The quantitative estimate of drug-likeness (QED) is 0.760. The molecule has 0 spiro atoms. The van der Waals surface area contributed by atoms with E-state index in [0.29, 0.717) is 18.7 Å². The molecule has 0 saturated carbocycles. The van der Waals surface area contributed by atoms with E-state index in [1.54, 1.807) is 12.1 Å². The lowest BCUT2D eigenvalue weighted by Crippen LogP contribution is -2.29. The minimum absolute atomic E-state index is 0.0456. The van der Waals surface area contributed by atoms with E-state index in [2.05, 4.69) is 5.32 Å². The molecule has 1 N–H and O–H groups in total. The lowest BCUT2D eigenvalue weighted by molar-refractivity contribution is 0.101. The van der Waals surface area contributed by atoms with Crippen LogP contribution in [0.4, 0.5) is 14.5 Å². The van der Waals surface area contributed by atoms with Gasteiger partial charge in [0, 0.05) is 12.2 Å². The highest BCUT2D eigenvalue weighted by atomic mass is 19.2. The molecule has 3 aromatic rings. The fourth-order valence-electron chi connectivity index (χ4n) is 2.81. The van der Waals surface area contributed by atoms with Crippen molar-refractivity contribution in [3.63, 3.8) is 0 Å².